The Balaban J connectivity index is 2.08. The van der Waals surface area contributed by atoms with Crippen LogP contribution >= 0.6 is 0 Å². The van der Waals surface area contributed by atoms with Crippen molar-refractivity contribution >= 4 is 5.69 Å². The Morgan fingerprint density at radius 3 is 3.00 bits per heavy atom. The maximum Gasteiger partial charge on any atom is 0.186 e. The Hall–Kier alpha value is -1.85. The molecule has 1 aliphatic rings. The van der Waals surface area contributed by atoms with Crippen molar-refractivity contribution in [2.24, 2.45) is 0 Å². The van der Waals surface area contributed by atoms with E-state index in [0.717, 1.165) is 36.9 Å². The van der Waals surface area contributed by atoms with Crippen LogP contribution in [-0.4, -0.2) is 24.5 Å². The molecule has 2 aromatic rings. The summed E-state index contributed by atoms with van der Waals surface area (Å²) in [6, 6.07) is 0. The number of fused-ring (bicyclic) bond motifs is 1. The highest BCUT2D eigenvalue weighted by Crippen LogP contribution is 2.25. The van der Waals surface area contributed by atoms with Crippen LogP contribution in [0, 0.1) is 0 Å². The molecule has 3 heterocycles. The van der Waals surface area contributed by atoms with Gasteiger partial charge in [0.25, 0.3) is 0 Å². The van der Waals surface area contributed by atoms with E-state index < -0.39 is 0 Å². The first-order valence-electron chi connectivity index (χ1n) is 6.05. The molecule has 0 aromatic carbocycles. The van der Waals surface area contributed by atoms with Crippen LogP contribution < -0.4 is 5.73 Å². The zero-order chi connectivity index (χ0) is 11.8. The van der Waals surface area contributed by atoms with Crippen molar-refractivity contribution in [3.8, 4) is 11.5 Å². The normalized spacial score (nSPS) is 14.9. The average molecular weight is 232 g/mol. The minimum atomic E-state index is 0.674. The molecule has 0 saturated carbocycles. The number of hydrogen-bond donors (Lipinski definition) is 1. The molecular weight excluding hydrogens is 216 g/mol. The van der Waals surface area contributed by atoms with Gasteiger partial charge in [0.05, 0.1) is 5.69 Å². The third-order valence-electron chi connectivity index (χ3n) is 3.19. The van der Waals surface area contributed by atoms with E-state index in [1.165, 1.54) is 12.8 Å². The predicted octanol–water partition coefficient (Wildman–Crippen LogP) is 1.08. The Kier molecular flexibility index (Phi) is 2.35. The van der Waals surface area contributed by atoms with Crippen molar-refractivity contribution < 1.29 is 0 Å². The van der Waals surface area contributed by atoms with Crippen LogP contribution in [0.25, 0.3) is 11.5 Å². The van der Waals surface area contributed by atoms with Gasteiger partial charge in [-0.3, -0.25) is 4.68 Å². The fourth-order valence-electron chi connectivity index (χ4n) is 2.26. The molecule has 0 unspecified atom stereocenters. The molecule has 2 N–H and O–H groups in total. The molecule has 0 fully saturated rings. The number of nitrogens with zero attached hydrogens (tertiary/aromatic N) is 5. The molecular formula is C11H16N6. The minimum Gasteiger partial charge on any atom is -0.396 e. The molecule has 0 spiro atoms. The average Bonchev–Trinajstić information content (AvgIpc) is 2.92. The van der Waals surface area contributed by atoms with Gasteiger partial charge in [-0.2, -0.15) is 5.10 Å². The number of rotatable bonds is 2. The van der Waals surface area contributed by atoms with E-state index in [1.54, 1.807) is 0 Å². The number of anilines is 1. The zero-order valence-corrected chi connectivity index (χ0v) is 9.93. The molecule has 6 heteroatoms. The van der Waals surface area contributed by atoms with Gasteiger partial charge in [-0.15, -0.1) is 10.2 Å². The lowest BCUT2D eigenvalue weighted by molar-refractivity contribution is 0.525. The van der Waals surface area contributed by atoms with Gasteiger partial charge in [0.2, 0.25) is 0 Å². The maximum absolute atomic E-state index is 5.98. The van der Waals surface area contributed by atoms with Crippen molar-refractivity contribution in [3.05, 3.63) is 12.0 Å². The summed E-state index contributed by atoms with van der Waals surface area (Å²) in [5, 5.41) is 12.9. The van der Waals surface area contributed by atoms with Gasteiger partial charge in [0.1, 0.15) is 5.82 Å². The smallest absolute Gasteiger partial charge is 0.186 e. The molecule has 0 aliphatic carbocycles. The van der Waals surface area contributed by atoms with Crippen LogP contribution in [0.3, 0.4) is 0 Å². The van der Waals surface area contributed by atoms with E-state index >= 15 is 0 Å². The fraction of sp³-hybridized carbons (Fsp3) is 0.545. The molecule has 3 rings (SSSR count). The van der Waals surface area contributed by atoms with Crippen molar-refractivity contribution in [2.45, 2.75) is 39.3 Å². The molecule has 1 aliphatic heterocycles. The van der Waals surface area contributed by atoms with Gasteiger partial charge >= 0.3 is 0 Å². The number of nitrogen functional groups attached to an aromatic ring is 1. The van der Waals surface area contributed by atoms with Crippen LogP contribution in [-0.2, 0) is 19.5 Å². The van der Waals surface area contributed by atoms with E-state index in [-0.39, 0.29) is 0 Å². The summed E-state index contributed by atoms with van der Waals surface area (Å²) in [6.07, 6.45) is 5.21. The number of hydrogen-bond acceptors (Lipinski definition) is 4. The van der Waals surface area contributed by atoms with E-state index in [2.05, 4.69) is 19.9 Å². The molecule has 0 bridgehead atoms. The summed E-state index contributed by atoms with van der Waals surface area (Å²) < 4.78 is 3.97. The number of nitrogens with two attached hydrogens (primary N) is 1. The van der Waals surface area contributed by atoms with Gasteiger partial charge in [-0.1, -0.05) is 0 Å². The highest BCUT2D eigenvalue weighted by Gasteiger charge is 2.20. The van der Waals surface area contributed by atoms with Gasteiger partial charge in [0.15, 0.2) is 11.5 Å². The van der Waals surface area contributed by atoms with Gasteiger partial charge in [0, 0.05) is 25.7 Å². The molecule has 6 nitrogen and oxygen atoms in total. The topological polar surface area (TPSA) is 74.6 Å². The molecule has 17 heavy (non-hydrogen) atoms. The summed E-state index contributed by atoms with van der Waals surface area (Å²) in [6.45, 7) is 3.82. The van der Waals surface area contributed by atoms with Crippen LogP contribution in [0.1, 0.15) is 25.6 Å². The SMILES string of the molecule is CCn1cc(N)c(-c2nnc3n2CCCC3)n1. The number of aromatic nitrogens is 5. The molecule has 0 atom stereocenters. The van der Waals surface area contributed by atoms with E-state index in [0.29, 0.717) is 5.69 Å². The minimum absolute atomic E-state index is 0.674. The highest BCUT2D eigenvalue weighted by molar-refractivity contribution is 5.66. The summed E-state index contributed by atoms with van der Waals surface area (Å²) in [5.74, 6) is 1.86. The number of aryl methyl sites for hydroxylation is 2. The van der Waals surface area contributed by atoms with Crippen molar-refractivity contribution in [3.63, 3.8) is 0 Å². The lowest BCUT2D eigenvalue weighted by atomic mass is 10.1. The molecule has 0 radical (unpaired) electrons. The van der Waals surface area contributed by atoms with Gasteiger partial charge in [-0.05, 0) is 19.8 Å². The predicted molar refractivity (Wildman–Crippen MR) is 64.3 cm³/mol. The van der Waals surface area contributed by atoms with Crippen molar-refractivity contribution in [1.82, 2.24) is 24.5 Å². The second-order valence-electron chi connectivity index (χ2n) is 4.34. The third-order valence-corrected chi connectivity index (χ3v) is 3.19. The van der Waals surface area contributed by atoms with Crippen molar-refractivity contribution in [1.29, 1.82) is 0 Å². The first-order valence-corrected chi connectivity index (χ1v) is 6.05. The van der Waals surface area contributed by atoms with Crippen LogP contribution in [0.5, 0.6) is 0 Å². The lowest BCUT2D eigenvalue weighted by Gasteiger charge is -2.13. The quantitative estimate of drug-likeness (QED) is 0.840. The van der Waals surface area contributed by atoms with E-state index in [4.69, 9.17) is 5.73 Å². The van der Waals surface area contributed by atoms with Crippen molar-refractivity contribution in [2.75, 3.05) is 5.73 Å². The van der Waals surface area contributed by atoms with E-state index in [9.17, 15) is 0 Å². The monoisotopic (exact) mass is 232 g/mol. The van der Waals surface area contributed by atoms with Crippen LogP contribution in [0.15, 0.2) is 6.20 Å². The van der Waals surface area contributed by atoms with Crippen LogP contribution in [0.4, 0.5) is 5.69 Å². The second-order valence-corrected chi connectivity index (χ2v) is 4.34. The molecule has 0 saturated heterocycles. The Morgan fingerprint density at radius 1 is 1.35 bits per heavy atom. The molecule has 2 aromatic heterocycles. The Labute approximate surface area is 99.4 Å². The third kappa shape index (κ3) is 1.60. The summed E-state index contributed by atoms with van der Waals surface area (Å²) in [5.41, 5.74) is 7.41. The maximum atomic E-state index is 5.98. The zero-order valence-electron chi connectivity index (χ0n) is 9.93. The Bertz CT molecular complexity index is 538. The van der Waals surface area contributed by atoms with Crippen LogP contribution in [0.2, 0.25) is 0 Å². The second kappa shape index (κ2) is 3.87. The summed E-state index contributed by atoms with van der Waals surface area (Å²) in [7, 11) is 0. The highest BCUT2D eigenvalue weighted by atomic mass is 15.3. The van der Waals surface area contributed by atoms with E-state index in [1.807, 2.05) is 17.8 Å². The standard InChI is InChI=1S/C11H16N6/c1-2-16-7-8(12)10(15-16)11-14-13-9-5-3-4-6-17(9)11/h7H,2-6,12H2,1H3. The summed E-state index contributed by atoms with van der Waals surface area (Å²) >= 11 is 0. The first-order chi connectivity index (χ1) is 8.29. The van der Waals surface area contributed by atoms with Gasteiger partial charge < -0.3 is 10.3 Å². The summed E-state index contributed by atoms with van der Waals surface area (Å²) in [4.78, 5) is 0. The molecule has 90 valence electrons. The molecule has 0 amide bonds. The lowest BCUT2D eigenvalue weighted by Crippen LogP contribution is -2.12. The first kappa shape index (κ1) is 10.3. The largest absolute Gasteiger partial charge is 0.396 e. The fourth-order valence-corrected chi connectivity index (χ4v) is 2.26. The Morgan fingerprint density at radius 2 is 2.24 bits per heavy atom. The van der Waals surface area contributed by atoms with Gasteiger partial charge in [-0.25, -0.2) is 0 Å².